The zero-order chi connectivity index (χ0) is 21.1. The lowest BCUT2D eigenvalue weighted by molar-refractivity contribution is 0.00994. The van der Waals surface area contributed by atoms with Gasteiger partial charge in [0, 0.05) is 43.5 Å². The molecule has 0 radical (unpaired) electrons. The summed E-state index contributed by atoms with van der Waals surface area (Å²) in [5, 5.41) is 2.88. The summed E-state index contributed by atoms with van der Waals surface area (Å²) in [5.41, 5.74) is -0.588. The van der Waals surface area contributed by atoms with E-state index in [1.54, 1.807) is 0 Å². The van der Waals surface area contributed by atoms with Gasteiger partial charge in [-0.3, -0.25) is 9.69 Å². The van der Waals surface area contributed by atoms with Crippen LogP contribution in [0.2, 0.25) is 0 Å². The number of carbonyl (C=O) groups is 1. The molecule has 1 atom stereocenters. The molecule has 4 nitrogen and oxygen atoms in total. The number of carbonyl (C=O) groups excluding carboxylic acids is 1. The maximum atomic E-state index is 14.0. The fourth-order valence-electron chi connectivity index (χ4n) is 4.91. The van der Waals surface area contributed by atoms with E-state index in [1.165, 1.54) is 31.1 Å². The van der Waals surface area contributed by atoms with Gasteiger partial charge in [0.15, 0.2) is 0 Å². The molecule has 3 aliphatic rings. The van der Waals surface area contributed by atoms with Crippen molar-refractivity contribution < 1.29 is 13.6 Å². The van der Waals surface area contributed by atoms with Crippen molar-refractivity contribution in [2.24, 2.45) is 5.92 Å². The number of nitrogens with one attached hydrogen (secondary N) is 1. The Balaban J connectivity index is 1.40. The molecule has 30 heavy (non-hydrogen) atoms. The van der Waals surface area contributed by atoms with E-state index in [1.807, 2.05) is 11.9 Å². The molecule has 1 aromatic carbocycles. The predicted octanol–water partition coefficient (Wildman–Crippen LogP) is 4.46. The van der Waals surface area contributed by atoms with Crippen LogP contribution in [0, 0.1) is 17.6 Å². The Morgan fingerprint density at radius 3 is 2.50 bits per heavy atom. The monoisotopic (exact) mass is 437 g/mol. The third kappa shape index (κ3) is 5.00. The van der Waals surface area contributed by atoms with Gasteiger partial charge in [0.2, 0.25) is 0 Å². The molecule has 3 fully saturated rings. The molecular weight excluding hydrogens is 404 g/mol. The van der Waals surface area contributed by atoms with Crippen LogP contribution in [0.5, 0.6) is 0 Å². The molecule has 1 heterocycles. The highest BCUT2D eigenvalue weighted by Gasteiger charge is 2.41. The Morgan fingerprint density at radius 1 is 1.17 bits per heavy atom. The van der Waals surface area contributed by atoms with Crippen molar-refractivity contribution in [2.45, 2.75) is 63.5 Å². The third-order valence-electron chi connectivity index (χ3n) is 6.96. The van der Waals surface area contributed by atoms with E-state index < -0.39 is 23.1 Å². The highest BCUT2D eigenvalue weighted by molar-refractivity contribution is 7.97. The first kappa shape index (κ1) is 22.0. The van der Waals surface area contributed by atoms with Crippen LogP contribution in [-0.4, -0.2) is 58.6 Å². The average Bonchev–Trinajstić information content (AvgIpc) is 3.56. The fourth-order valence-corrected chi connectivity index (χ4v) is 6.18. The van der Waals surface area contributed by atoms with E-state index in [9.17, 15) is 13.6 Å². The molecule has 1 unspecified atom stereocenters. The van der Waals surface area contributed by atoms with Crippen LogP contribution in [-0.2, 0) is 0 Å². The highest BCUT2D eigenvalue weighted by Crippen LogP contribution is 2.38. The molecule has 1 saturated heterocycles. The Bertz CT molecular complexity index is 732. The Kier molecular flexibility index (Phi) is 7.00. The van der Waals surface area contributed by atoms with Crippen LogP contribution in [0.4, 0.5) is 8.78 Å². The smallest absolute Gasteiger partial charge is 0.257 e. The summed E-state index contributed by atoms with van der Waals surface area (Å²) in [6, 6.07) is 4.01. The second-order valence-electron chi connectivity index (χ2n) is 9.24. The van der Waals surface area contributed by atoms with E-state index in [0.29, 0.717) is 12.6 Å². The second-order valence-corrected chi connectivity index (χ2v) is 10.3. The highest BCUT2D eigenvalue weighted by atomic mass is 32.2. The molecule has 1 aliphatic heterocycles. The predicted molar refractivity (Wildman–Crippen MR) is 117 cm³/mol. The van der Waals surface area contributed by atoms with Crippen molar-refractivity contribution >= 4 is 17.9 Å². The third-order valence-corrected chi connectivity index (χ3v) is 8.46. The molecule has 1 amide bonds. The number of benzene rings is 1. The SMILES string of the molecule is CC1CN(C2(CNC(=O)c3c(F)cccc3F)CCCCC2)CCN1SCC1CC1. The first-order chi connectivity index (χ1) is 14.5. The lowest BCUT2D eigenvalue weighted by atomic mass is 9.79. The minimum atomic E-state index is -0.805. The molecule has 2 saturated carbocycles. The number of hydrogen-bond donors (Lipinski definition) is 1. The molecule has 2 aliphatic carbocycles. The molecule has 1 N–H and O–H groups in total. The van der Waals surface area contributed by atoms with Gasteiger partial charge in [-0.15, -0.1) is 0 Å². The first-order valence-electron chi connectivity index (χ1n) is 11.4. The molecule has 1 aromatic rings. The average molecular weight is 438 g/mol. The van der Waals surface area contributed by atoms with Crippen molar-refractivity contribution in [2.75, 3.05) is 31.9 Å². The van der Waals surface area contributed by atoms with Crippen LogP contribution in [0.15, 0.2) is 18.2 Å². The van der Waals surface area contributed by atoms with Gasteiger partial charge in [-0.2, -0.15) is 0 Å². The summed E-state index contributed by atoms with van der Waals surface area (Å²) >= 11 is 2.00. The summed E-state index contributed by atoms with van der Waals surface area (Å²) < 4.78 is 30.6. The number of halogens is 2. The number of nitrogens with zero attached hydrogens (tertiary/aromatic N) is 2. The zero-order valence-electron chi connectivity index (χ0n) is 17.8. The summed E-state index contributed by atoms with van der Waals surface area (Å²) in [6.45, 7) is 5.71. The Hall–Kier alpha value is -1.18. The van der Waals surface area contributed by atoms with Crippen molar-refractivity contribution in [3.8, 4) is 0 Å². The van der Waals surface area contributed by atoms with Gasteiger partial charge in [0.1, 0.15) is 17.2 Å². The summed E-state index contributed by atoms with van der Waals surface area (Å²) in [4.78, 5) is 15.1. The van der Waals surface area contributed by atoms with Crippen LogP contribution in [0.1, 0.15) is 62.2 Å². The molecular formula is C23H33F2N3OS. The Labute approximate surface area is 182 Å². The van der Waals surface area contributed by atoms with Gasteiger partial charge in [-0.25, -0.2) is 13.1 Å². The maximum absolute atomic E-state index is 14.0. The fraction of sp³-hybridized carbons (Fsp3) is 0.696. The van der Waals surface area contributed by atoms with Crippen LogP contribution < -0.4 is 5.32 Å². The van der Waals surface area contributed by atoms with E-state index in [0.717, 1.165) is 63.4 Å². The lowest BCUT2D eigenvalue weighted by Crippen LogP contribution is -2.63. The molecule has 166 valence electrons. The number of hydrogen-bond acceptors (Lipinski definition) is 4. The standard InChI is InChI=1S/C23H33F2N3OS/c1-17-14-27(12-13-28(17)30-15-18-8-9-18)23(10-3-2-4-11-23)16-26-22(29)21-19(24)6-5-7-20(21)25/h5-7,17-18H,2-4,8-16H2,1H3,(H,26,29). The van der Waals surface area contributed by atoms with Crippen molar-refractivity contribution in [1.29, 1.82) is 0 Å². The van der Waals surface area contributed by atoms with Gasteiger partial charge in [0.25, 0.3) is 5.91 Å². The van der Waals surface area contributed by atoms with Gasteiger partial charge in [-0.1, -0.05) is 37.3 Å². The molecule has 0 bridgehead atoms. The van der Waals surface area contributed by atoms with Crippen LogP contribution in [0.3, 0.4) is 0 Å². The molecule has 0 spiro atoms. The number of piperazine rings is 1. The first-order valence-corrected chi connectivity index (χ1v) is 12.3. The quantitative estimate of drug-likeness (QED) is 0.639. The van der Waals surface area contributed by atoms with E-state index in [4.69, 9.17) is 0 Å². The largest absolute Gasteiger partial charge is 0.350 e. The molecule has 4 rings (SSSR count). The minimum Gasteiger partial charge on any atom is -0.350 e. The maximum Gasteiger partial charge on any atom is 0.257 e. The lowest BCUT2D eigenvalue weighted by Gasteiger charge is -2.51. The summed E-state index contributed by atoms with van der Waals surface area (Å²) in [6.07, 6.45) is 8.29. The van der Waals surface area contributed by atoms with Gasteiger partial charge >= 0.3 is 0 Å². The Morgan fingerprint density at radius 2 is 1.87 bits per heavy atom. The number of amides is 1. The van der Waals surface area contributed by atoms with Gasteiger partial charge < -0.3 is 5.32 Å². The van der Waals surface area contributed by atoms with E-state index in [2.05, 4.69) is 21.4 Å². The van der Waals surface area contributed by atoms with Gasteiger partial charge in [0.05, 0.1) is 0 Å². The second kappa shape index (κ2) is 9.53. The summed E-state index contributed by atoms with van der Waals surface area (Å²) in [5.74, 6) is -0.110. The van der Waals surface area contributed by atoms with Crippen LogP contribution in [0.25, 0.3) is 0 Å². The topological polar surface area (TPSA) is 35.6 Å². The summed E-state index contributed by atoms with van der Waals surface area (Å²) in [7, 11) is 0. The van der Waals surface area contributed by atoms with Crippen molar-refractivity contribution in [1.82, 2.24) is 14.5 Å². The zero-order valence-corrected chi connectivity index (χ0v) is 18.7. The van der Waals surface area contributed by atoms with E-state index in [-0.39, 0.29) is 5.54 Å². The van der Waals surface area contributed by atoms with Crippen molar-refractivity contribution in [3.05, 3.63) is 35.4 Å². The molecule has 7 heteroatoms. The van der Waals surface area contributed by atoms with Gasteiger partial charge in [-0.05, 0) is 50.7 Å². The normalized spacial score (nSPS) is 25.2. The van der Waals surface area contributed by atoms with Crippen molar-refractivity contribution in [3.63, 3.8) is 0 Å². The van der Waals surface area contributed by atoms with Crippen LogP contribution >= 0.6 is 11.9 Å². The van der Waals surface area contributed by atoms with E-state index >= 15 is 0 Å². The minimum absolute atomic E-state index is 0.114. The molecule has 0 aromatic heterocycles. The number of rotatable bonds is 7.